The molecule has 0 aliphatic rings. The van der Waals surface area contributed by atoms with Crippen molar-refractivity contribution in [2.45, 2.75) is 20.3 Å². The molecule has 17 heavy (non-hydrogen) atoms. The van der Waals surface area contributed by atoms with Crippen LogP contribution in [0.15, 0.2) is 22.7 Å². The quantitative estimate of drug-likeness (QED) is 0.764. The third-order valence-electron chi connectivity index (χ3n) is 2.36. The number of nitrogens with zero attached hydrogens (tertiary/aromatic N) is 2. The van der Waals surface area contributed by atoms with Crippen LogP contribution in [0.5, 0.6) is 0 Å². The van der Waals surface area contributed by atoms with Crippen molar-refractivity contribution >= 4 is 5.78 Å². The minimum absolute atomic E-state index is 0.0597. The van der Waals surface area contributed by atoms with Gasteiger partial charge in [0.05, 0.1) is 0 Å². The second-order valence-corrected chi connectivity index (χ2v) is 3.82. The van der Waals surface area contributed by atoms with Crippen molar-refractivity contribution in [3.05, 3.63) is 46.9 Å². The van der Waals surface area contributed by atoms with Crippen molar-refractivity contribution in [1.82, 2.24) is 10.1 Å². The predicted octanol–water partition coefficient (Wildman–Crippen LogP) is 2.25. The van der Waals surface area contributed by atoms with E-state index in [1.165, 1.54) is 6.07 Å². The molecular weight excluding hydrogens is 223 g/mol. The standard InChI is InChI=1S/C12H11FN2O2/c1-7-5-9(3-4-10(7)13)6-11(16)12-14-8(2)17-15-12/h3-5H,6H2,1-2H3. The lowest BCUT2D eigenvalue weighted by Gasteiger charge is -2.00. The zero-order valence-corrected chi connectivity index (χ0v) is 9.53. The highest BCUT2D eigenvalue weighted by atomic mass is 19.1. The first kappa shape index (κ1) is 11.4. The van der Waals surface area contributed by atoms with E-state index in [9.17, 15) is 9.18 Å². The van der Waals surface area contributed by atoms with Gasteiger partial charge >= 0.3 is 0 Å². The molecule has 5 heteroatoms. The van der Waals surface area contributed by atoms with Crippen LogP contribution in [-0.2, 0) is 6.42 Å². The molecule has 2 rings (SSSR count). The first-order valence-electron chi connectivity index (χ1n) is 5.15. The van der Waals surface area contributed by atoms with Crippen LogP contribution in [0, 0.1) is 19.7 Å². The summed E-state index contributed by atoms with van der Waals surface area (Å²) in [4.78, 5) is 15.6. The van der Waals surface area contributed by atoms with Crippen LogP contribution in [0.25, 0.3) is 0 Å². The molecule has 2 aromatic rings. The highest BCUT2D eigenvalue weighted by Crippen LogP contribution is 2.11. The number of hydrogen-bond acceptors (Lipinski definition) is 4. The number of aryl methyl sites for hydroxylation is 2. The molecule has 0 spiro atoms. The summed E-state index contributed by atoms with van der Waals surface area (Å²) in [6.07, 6.45) is 0.139. The van der Waals surface area contributed by atoms with E-state index in [1.807, 2.05) is 0 Å². The van der Waals surface area contributed by atoms with Gasteiger partial charge in [0, 0.05) is 13.3 Å². The van der Waals surface area contributed by atoms with Gasteiger partial charge in [-0.1, -0.05) is 17.3 Å². The number of Topliss-reactive ketones (excluding diaryl/α,β-unsaturated/α-hetero) is 1. The highest BCUT2D eigenvalue weighted by Gasteiger charge is 2.13. The lowest BCUT2D eigenvalue weighted by molar-refractivity contribution is 0.0980. The highest BCUT2D eigenvalue weighted by molar-refractivity contribution is 5.93. The van der Waals surface area contributed by atoms with Crippen molar-refractivity contribution < 1.29 is 13.7 Å². The van der Waals surface area contributed by atoms with Gasteiger partial charge in [0.2, 0.25) is 17.5 Å². The second-order valence-electron chi connectivity index (χ2n) is 3.82. The normalized spacial score (nSPS) is 10.5. The van der Waals surface area contributed by atoms with Gasteiger partial charge in [-0.15, -0.1) is 0 Å². The minimum Gasteiger partial charge on any atom is -0.339 e. The zero-order chi connectivity index (χ0) is 12.4. The van der Waals surface area contributed by atoms with Gasteiger partial charge in [0.25, 0.3) is 0 Å². The van der Waals surface area contributed by atoms with Crippen molar-refractivity contribution in [2.75, 3.05) is 0 Å². The Kier molecular flexibility index (Phi) is 2.99. The number of carbonyl (C=O) groups is 1. The van der Waals surface area contributed by atoms with E-state index in [-0.39, 0.29) is 23.8 Å². The van der Waals surface area contributed by atoms with Crippen molar-refractivity contribution in [3.8, 4) is 0 Å². The fourth-order valence-electron chi connectivity index (χ4n) is 1.49. The van der Waals surface area contributed by atoms with E-state index in [4.69, 9.17) is 4.52 Å². The molecule has 88 valence electrons. The van der Waals surface area contributed by atoms with E-state index in [0.717, 1.165) is 5.56 Å². The summed E-state index contributed by atoms with van der Waals surface area (Å²) in [5, 5.41) is 3.54. The zero-order valence-electron chi connectivity index (χ0n) is 9.53. The molecular formula is C12H11FN2O2. The third-order valence-corrected chi connectivity index (χ3v) is 2.36. The fraction of sp³-hybridized carbons (Fsp3) is 0.250. The molecule has 1 heterocycles. The number of ketones is 1. The number of aromatic nitrogens is 2. The maximum atomic E-state index is 13.0. The summed E-state index contributed by atoms with van der Waals surface area (Å²) in [5.74, 6) is -0.113. The molecule has 4 nitrogen and oxygen atoms in total. The van der Waals surface area contributed by atoms with Gasteiger partial charge in [-0.2, -0.15) is 4.98 Å². The maximum Gasteiger partial charge on any atom is 0.238 e. The number of carbonyl (C=O) groups excluding carboxylic acids is 1. The molecule has 1 aromatic carbocycles. The predicted molar refractivity (Wildman–Crippen MR) is 58.2 cm³/mol. The number of hydrogen-bond donors (Lipinski definition) is 0. The third kappa shape index (κ3) is 2.55. The summed E-state index contributed by atoms with van der Waals surface area (Å²) >= 11 is 0. The summed E-state index contributed by atoms with van der Waals surface area (Å²) < 4.78 is 17.8. The molecule has 0 aliphatic heterocycles. The Morgan fingerprint density at radius 1 is 1.41 bits per heavy atom. The topological polar surface area (TPSA) is 56.0 Å². The summed E-state index contributed by atoms with van der Waals surface area (Å²) in [7, 11) is 0. The van der Waals surface area contributed by atoms with Crippen LogP contribution in [0.2, 0.25) is 0 Å². The van der Waals surface area contributed by atoms with E-state index < -0.39 is 0 Å². The van der Waals surface area contributed by atoms with Crippen LogP contribution in [-0.4, -0.2) is 15.9 Å². The molecule has 0 fully saturated rings. The molecule has 1 aromatic heterocycles. The van der Waals surface area contributed by atoms with Crippen molar-refractivity contribution in [1.29, 1.82) is 0 Å². The van der Waals surface area contributed by atoms with Crippen LogP contribution >= 0.6 is 0 Å². The number of benzene rings is 1. The van der Waals surface area contributed by atoms with E-state index in [2.05, 4.69) is 10.1 Å². The lowest BCUT2D eigenvalue weighted by Crippen LogP contribution is -2.06. The Bertz CT molecular complexity index is 563. The van der Waals surface area contributed by atoms with Crippen LogP contribution in [0.3, 0.4) is 0 Å². The van der Waals surface area contributed by atoms with E-state index >= 15 is 0 Å². The molecule has 0 N–H and O–H groups in total. The van der Waals surface area contributed by atoms with Gasteiger partial charge in [0.15, 0.2) is 0 Å². The summed E-state index contributed by atoms with van der Waals surface area (Å²) in [6.45, 7) is 3.27. The second kappa shape index (κ2) is 4.45. The molecule has 0 bridgehead atoms. The summed E-state index contributed by atoms with van der Waals surface area (Å²) in [6, 6.07) is 4.56. The number of rotatable bonds is 3. The van der Waals surface area contributed by atoms with Crippen molar-refractivity contribution in [3.63, 3.8) is 0 Å². The first-order chi connectivity index (χ1) is 8.06. The molecule has 0 amide bonds. The first-order valence-corrected chi connectivity index (χ1v) is 5.15. The molecule has 0 saturated heterocycles. The largest absolute Gasteiger partial charge is 0.339 e. The van der Waals surface area contributed by atoms with E-state index in [1.54, 1.807) is 26.0 Å². The average Bonchev–Trinajstić information content (AvgIpc) is 2.70. The Hall–Kier alpha value is -2.04. The van der Waals surface area contributed by atoms with Gasteiger partial charge in [-0.25, -0.2) is 4.39 Å². The molecule has 0 unspecified atom stereocenters. The maximum absolute atomic E-state index is 13.0. The monoisotopic (exact) mass is 234 g/mol. The SMILES string of the molecule is Cc1nc(C(=O)Cc2ccc(F)c(C)c2)no1. The molecule has 0 saturated carbocycles. The Labute approximate surface area is 97.5 Å². The van der Waals surface area contributed by atoms with Crippen LogP contribution in [0.1, 0.15) is 27.6 Å². The average molecular weight is 234 g/mol. The fourth-order valence-corrected chi connectivity index (χ4v) is 1.49. The van der Waals surface area contributed by atoms with Gasteiger partial charge in [-0.05, 0) is 24.1 Å². The van der Waals surface area contributed by atoms with Gasteiger partial charge < -0.3 is 4.52 Å². The van der Waals surface area contributed by atoms with Crippen LogP contribution in [0.4, 0.5) is 4.39 Å². The Morgan fingerprint density at radius 2 is 2.18 bits per heavy atom. The summed E-state index contributed by atoms with van der Waals surface area (Å²) in [5.41, 5.74) is 1.25. The smallest absolute Gasteiger partial charge is 0.238 e. The lowest BCUT2D eigenvalue weighted by atomic mass is 10.1. The van der Waals surface area contributed by atoms with Crippen LogP contribution < -0.4 is 0 Å². The number of halogens is 1. The Morgan fingerprint density at radius 3 is 2.76 bits per heavy atom. The molecule has 0 aliphatic carbocycles. The van der Waals surface area contributed by atoms with Crippen molar-refractivity contribution in [2.24, 2.45) is 0 Å². The minimum atomic E-state index is -0.281. The Balaban J connectivity index is 2.15. The van der Waals surface area contributed by atoms with E-state index in [0.29, 0.717) is 11.5 Å². The molecule has 0 atom stereocenters. The molecule has 0 radical (unpaired) electrons. The van der Waals surface area contributed by atoms with Gasteiger partial charge in [0.1, 0.15) is 5.82 Å². The van der Waals surface area contributed by atoms with Gasteiger partial charge in [-0.3, -0.25) is 4.79 Å².